The van der Waals surface area contributed by atoms with Crippen molar-refractivity contribution in [1.29, 1.82) is 0 Å². The Labute approximate surface area is 77.3 Å². The molecule has 1 unspecified atom stereocenters. The number of fused-ring (bicyclic) bond motifs is 1. The average molecular weight is 183 g/mol. The van der Waals surface area contributed by atoms with E-state index in [9.17, 15) is 0 Å². The first-order valence-corrected chi connectivity index (χ1v) is 4.51. The van der Waals surface area contributed by atoms with E-state index in [0.717, 1.165) is 22.8 Å². The van der Waals surface area contributed by atoms with E-state index >= 15 is 0 Å². The van der Waals surface area contributed by atoms with E-state index in [1.165, 1.54) is 5.56 Å². The number of rotatable bonds is 0. The molecule has 0 aliphatic carbocycles. The van der Waals surface area contributed by atoms with Gasteiger partial charge in [0.15, 0.2) is 0 Å². The number of halogens is 1. The van der Waals surface area contributed by atoms with Crippen LogP contribution in [-0.2, 0) is 6.42 Å². The average Bonchev–Trinajstić information content (AvgIpc) is 2.39. The molecule has 2 rings (SSSR count). The van der Waals surface area contributed by atoms with Gasteiger partial charge in [0.05, 0.1) is 0 Å². The summed E-state index contributed by atoms with van der Waals surface area (Å²) in [5.74, 6) is 0.995. The van der Waals surface area contributed by atoms with Crippen molar-refractivity contribution in [2.75, 3.05) is 0 Å². The molecular formula is C10H11ClO. The first-order chi connectivity index (χ1) is 5.68. The predicted molar refractivity (Wildman–Crippen MR) is 50.0 cm³/mol. The molecule has 0 fully saturated rings. The zero-order valence-corrected chi connectivity index (χ0v) is 7.98. The quantitative estimate of drug-likeness (QED) is 0.600. The van der Waals surface area contributed by atoms with Gasteiger partial charge < -0.3 is 4.74 Å². The van der Waals surface area contributed by atoms with Crippen LogP contribution in [0.2, 0.25) is 5.02 Å². The molecule has 1 aromatic carbocycles. The Morgan fingerprint density at radius 1 is 1.50 bits per heavy atom. The van der Waals surface area contributed by atoms with Crippen molar-refractivity contribution in [3.63, 3.8) is 0 Å². The Morgan fingerprint density at radius 3 is 3.00 bits per heavy atom. The highest BCUT2D eigenvalue weighted by Gasteiger charge is 2.21. The normalized spacial score (nSPS) is 20.4. The molecule has 2 heteroatoms. The lowest BCUT2D eigenvalue weighted by molar-refractivity contribution is 0.253. The minimum atomic E-state index is 0.303. The van der Waals surface area contributed by atoms with Crippen LogP contribution in [0.1, 0.15) is 18.1 Å². The van der Waals surface area contributed by atoms with Gasteiger partial charge in [-0.15, -0.1) is 0 Å². The molecule has 0 N–H and O–H groups in total. The summed E-state index contributed by atoms with van der Waals surface area (Å²) >= 11 is 5.96. The van der Waals surface area contributed by atoms with Gasteiger partial charge in [0.1, 0.15) is 11.9 Å². The van der Waals surface area contributed by atoms with E-state index in [0.29, 0.717) is 6.10 Å². The largest absolute Gasteiger partial charge is 0.490 e. The maximum Gasteiger partial charge on any atom is 0.127 e. The number of hydrogen-bond acceptors (Lipinski definition) is 1. The molecule has 0 bridgehead atoms. The van der Waals surface area contributed by atoms with Crippen LogP contribution >= 0.6 is 11.6 Å². The fourth-order valence-electron chi connectivity index (χ4n) is 1.60. The number of hydrogen-bond donors (Lipinski definition) is 0. The SMILES string of the molecule is Cc1c(Cl)ccc2c1OC(C)C2. The van der Waals surface area contributed by atoms with Gasteiger partial charge in [0.25, 0.3) is 0 Å². The van der Waals surface area contributed by atoms with Gasteiger partial charge in [-0.25, -0.2) is 0 Å². The standard InChI is InChI=1S/C10H11ClO/c1-6-5-8-3-4-9(11)7(2)10(8)12-6/h3-4,6H,5H2,1-2H3. The molecular weight excluding hydrogens is 172 g/mol. The summed E-state index contributed by atoms with van der Waals surface area (Å²) in [5.41, 5.74) is 2.35. The van der Waals surface area contributed by atoms with Gasteiger partial charge in [-0.3, -0.25) is 0 Å². The topological polar surface area (TPSA) is 9.23 Å². The lowest BCUT2D eigenvalue weighted by atomic mass is 10.1. The summed E-state index contributed by atoms with van der Waals surface area (Å²) in [4.78, 5) is 0. The van der Waals surface area contributed by atoms with Crippen molar-refractivity contribution in [3.8, 4) is 5.75 Å². The van der Waals surface area contributed by atoms with Crippen molar-refractivity contribution in [1.82, 2.24) is 0 Å². The van der Waals surface area contributed by atoms with Gasteiger partial charge >= 0.3 is 0 Å². The molecule has 0 aromatic heterocycles. The molecule has 0 radical (unpaired) electrons. The van der Waals surface area contributed by atoms with Crippen LogP contribution in [0.5, 0.6) is 5.75 Å². The highest BCUT2D eigenvalue weighted by molar-refractivity contribution is 6.31. The van der Waals surface area contributed by atoms with Crippen molar-refractivity contribution >= 4 is 11.6 Å². The van der Waals surface area contributed by atoms with Crippen LogP contribution in [0.3, 0.4) is 0 Å². The molecule has 1 nitrogen and oxygen atoms in total. The Morgan fingerprint density at radius 2 is 2.25 bits per heavy atom. The molecule has 1 aliphatic rings. The zero-order chi connectivity index (χ0) is 8.72. The summed E-state index contributed by atoms with van der Waals surface area (Å²) in [7, 11) is 0. The van der Waals surface area contributed by atoms with Crippen LogP contribution in [-0.4, -0.2) is 6.10 Å². The van der Waals surface area contributed by atoms with E-state index in [-0.39, 0.29) is 0 Å². The maximum atomic E-state index is 5.96. The molecule has 1 aromatic rings. The molecule has 0 saturated carbocycles. The molecule has 0 spiro atoms. The summed E-state index contributed by atoms with van der Waals surface area (Å²) in [5, 5.41) is 0.794. The van der Waals surface area contributed by atoms with E-state index in [4.69, 9.17) is 16.3 Å². The Hall–Kier alpha value is -0.690. The molecule has 1 atom stereocenters. The van der Waals surface area contributed by atoms with Crippen molar-refractivity contribution < 1.29 is 4.74 Å². The summed E-state index contributed by atoms with van der Waals surface area (Å²) in [6.45, 7) is 4.08. The highest BCUT2D eigenvalue weighted by atomic mass is 35.5. The van der Waals surface area contributed by atoms with E-state index in [1.807, 2.05) is 19.1 Å². The van der Waals surface area contributed by atoms with Gasteiger partial charge in [0, 0.05) is 17.0 Å². The van der Waals surface area contributed by atoms with Crippen molar-refractivity contribution in [2.24, 2.45) is 0 Å². The zero-order valence-electron chi connectivity index (χ0n) is 7.23. The van der Waals surface area contributed by atoms with Crippen LogP contribution in [0.25, 0.3) is 0 Å². The first-order valence-electron chi connectivity index (χ1n) is 4.13. The summed E-state index contributed by atoms with van der Waals surface area (Å²) in [6.07, 6.45) is 1.31. The van der Waals surface area contributed by atoms with Gasteiger partial charge in [-0.2, -0.15) is 0 Å². The minimum Gasteiger partial charge on any atom is -0.490 e. The summed E-state index contributed by atoms with van der Waals surface area (Å²) < 4.78 is 5.63. The minimum absolute atomic E-state index is 0.303. The molecule has 0 amide bonds. The third-order valence-electron chi connectivity index (χ3n) is 2.25. The van der Waals surface area contributed by atoms with Gasteiger partial charge in [0.2, 0.25) is 0 Å². The van der Waals surface area contributed by atoms with Crippen LogP contribution < -0.4 is 4.74 Å². The van der Waals surface area contributed by atoms with Gasteiger partial charge in [-0.1, -0.05) is 17.7 Å². The lowest BCUT2D eigenvalue weighted by Crippen LogP contribution is -2.05. The second-order valence-electron chi connectivity index (χ2n) is 3.29. The van der Waals surface area contributed by atoms with Crippen LogP contribution in [0, 0.1) is 6.92 Å². The predicted octanol–water partition coefficient (Wildman–Crippen LogP) is 2.97. The third kappa shape index (κ3) is 1.09. The number of ether oxygens (including phenoxy) is 1. The van der Waals surface area contributed by atoms with Crippen molar-refractivity contribution in [3.05, 3.63) is 28.3 Å². The van der Waals surface area contributed by atoms with Crippen molar-refractivity contribution in [2.45, 2.75) is 26.4 Å². The van der Waals surface area contributed by atoms with Gasteiger partial charge in [-0.05, 0) is 25.5 Å². The molecule has 0 saturated heterocycles. The Balaban J connectivity index is 2.54. The van der Waals surface area contributed by atoms with E-state index in [2.05, 4.69) is 6.92 Å². The fraction of sp³-hybridized carbons (Fsp3) is 0.400. The summed E-state index contributed by atoms with van der Waals surface area (Å²) in [6, 6.07) is 3.99. The maximum absolute atomic E-state index is 5.96. The van der Waals surface area contributed by atoms with E-state index in [1.54, 1.807) is 0 Å². The molecule has 64 valence electrons. The lowest BCUT2D eigenvalue weighted by Gasteiger charge is -2.06. The Bertz CT molecular complexity index is 320. The second kappa shape index (κ2) is 2.67. The van der Waals surface area contributed by atoms with E-state index < -0.39 is 0 Å². The fourth-order valence-corrected chi connectivity index (χ4v) is 1.75. The molecule has 1 aliphatic heterocycles. The third-order valence-corrected chi connectivity index (χ3v) is 2.66. The molecule has 12 heavy (non-hydrogen) atoms. The monoisotopic (exact) mass is 182 g/mol. The van der Waals surface area contributed by atoms with Crippen LogP contribution in [0.15, 0.2) is 12.1 Å². The highest BCUT2D eigenvalue weighted by Crippen LogP contribution is 2.35. The van der Waals surface area contributed by atoms with Crippen LogP contribution in [0.4, 0.5) is 0 Å². The first kappa shape index (κ1) is 7.93. The Kier molecular flexibility index (Phi) is 1.76. The smallest absolute Gasteiger partial charge is 0.127 e. The number of benzene rings is 1. The molecule has 1 heterocycles. The second-order valence-corrected chi connectivity index (χ2v) is 3.70.